The minimum atomic E-state index is 0.528. The fraction of sp³-hybridized carbons (Fsp3) is 0.769. The van der Waals surface area contributed by atoms with Crippen LogP contribution in [0.4, 0.5) is 0 Å². The highest BCUT2D eigenvalue weighted by Crippen LogP contribution is 2.28. The van der Waals surface area contributed by atoms with Gasteiger partial charge in [0.2, 0.25) is 0 Å². The maximum Gasteiger partial charge on any atom is 0.0629 e. The van der Waals surface area contributed by atoms with Crippen LogP contribution in [-0.2, 0) is 13.5 Å². The number of rotatable bonds is 3. The lowest BCUT2D eigenvalue weighted by molar-refractivity contribution is 0.558. The number of aryl methyl sites for hydroxylation is 2. The van der Waals surface area contributed by atoms with Crippen LogP contribution in [0, 0.1) is 12.8 Å². The molecule has 0 aliphatic carbocycles. The molecule has 1 aliphatic rings. The van der Waals surface area contributed by atoms with Crippen LogP contribution in [0.5, 0.6) is 0 Å². The Morgan fingerprint density at radius 1 is 1.50 bits per heavy atom. The van der Waals surface area contributed by atoms with E-state index < -0.39 is 0 Å². The quantitative estimate of drug-likeness (QED) is 0.849. The Balaban J connectivity index is 2.33. The third-order valence-corrected chi connectivity index (χ3v) is 3.40. The van der Waals surface area contributed by atoms with Crippen molar-refractivity contribution in [3.63, 3.8) is 0 Å². The summed E-state index contributed by atoms with van der Waals surface area (Å²) in [4.78, 5) is 0. The van der Waals surface area contributed by atoms with Gasteiger partial charge in [-0.1, -0.05) is 13.8 Å². The highest BCUT2D eigenvalue weighted by Gasteiger charge is 2.24. The molecule has 1 atom stereocenters. The van der Waals surface area contributed by atoms with Gasteiger partial charge in [0, 0.05) is 13.1 Å². The largest absolute Gasteiger partial charge is 0.309 e. The summed E-state index contributed by atoms with van der Waals surface area (Å²) >= 11 is 0. The Hall–Kier alpha value is -0.830. The predicted octanol–water partition coefficient (Wildman–Crippen LogP) is 2.35. The van der Waals surface area contributed by atoms with Crippen LogP contribution in [0.25, 0.3) is 0 Å². The maximum atomic E-state index is 4.59. The third kappa shape index (κ3) is 2.14. The number of hydrogen-bond acceptors (Lipinski definition) is 2. The van der Waals surface area contributed by atoms with Gasteiger partial charge >= 0.3 is 0 Å². The molecule has 1 aromatic heterocycles. The Morgan fingerprint density at radius 3 is 2.81 bits per heavy atom. The molecule has 2 rings (SSSR count). The smallest absolute Gasteiger partial charge is 0.0629 e. The van der Waals surface area contributed by atoms with Crippen LogP contribution in [0.15, 0.2) is 0 Å². The first-order chi connectivity index (χ1) is 7.59. The second-order valence-corrected chi connectivity index (χ2v) is 5.32. The molecule has 1 aliphatic heterocycles. The van der Waals surface area contributed by atoms with Gasteiger partial charge in [-0.2, -0.15) is 5.10 Å². The molecule has 2 heterocycles. The van der Waals surface area contributed by atoms with Crippen LogP contribution < -0.4 is 5.32 Å². The number of aromatic nitrogens is 2. The zero-order chi connectivity index (χ0) is 11.7. The van der Waals surface area contributed by atoms with Crippen LogP contribution in [0.1, 0.15) is 49.7 Å². The van der Waals surface area contributed by atoms with Crippen molar-refractivity contribution in [3.8, 4) is 0 Å². The summed E-state index contributed by atoms with van der Waals surface area (Å²) in [6, 6.07) is 0.528. The topological polar surface area (TPSA) is 29.9 Å². The van der Waals surface area contributed by atoms with Crippen LogP contribution >= 0.6 is 0 Å². The Labute approximate surface area is 98.2 Å². The second kappa shape index (κ2) is 4.58. The van der Waals surface area contributed by atoms with Crippen LogP contribution in [0.2, 0.25) is 0 Å². The third-order valence-electron chi connectivity index (χ3n) is 3.40. The predicted molar refractivity (Wildman–Crippen MR) is 66.5 cm³/mol. The number of nitrogens with one attached hydrogen (secondary N) is 1. The van der Waals surface area contributed by atoms with E-state index in [0.717, 1.165) is 13.0 Å². The van der Waals surface area contributed by atoms with Crippen molar-refractivity contribution in [1.82, 2.24) is 15.1 Å². The van der Waals surface area contributed by atoms with Crippen molar-refractivity contribution in [1.29, 1.82) is 0 Å². The summed E-state index contributed by atoms with van der Waals surface area (Å²) in [5.41, 5.74) is 4.10. The minimum absolute atomic E-state index is 0.528. The van der Waals surface area contributed by atoms with E-state index in [0.29, 0.717) is 12.0 Å². The van der Waals surface area contributed by atoms with Crippen molar-refractivity contribution >= 4 is 0 Å². The molecule has 0 aromatic carbocycles. The van der Waals surface area contributed by atoms with E-state index in [1.807, 2.05) is 0 Å². The monoisotopic (exact) mass is 221 g/mol. The van der Waals surface area contributed by atoms with Crippen LogP contribution in [0.3, 0.4) is 0 Å². The van der Waals surface area contributed by atoms with Gasteiger partial charge in [0.1, 0.15) is 0 Å². The molecule has 1 aromatic rings. The zero-order valence-corrected chi connectivity index (χ0v) is 10.9. The van der Waals surface area contributed by atoms with E-state index in [1.165, 1.54) is 29.8 Å². The molecule has 0 bridgehead atoms. The van der Waals surface area contributed by atoms with E-state index >= 15 is 0 Å². The maximum absolute atomic E-state index is 4.59. The Morgan fingerprint density at radius 2 is 2.25 bits per heavy atom. The molecular formula is C13H23N3. The first-order valence-electron chi connectivity index (χ1n) is 6.35. The molecule has 3 nitrogen and oxygen atoms in total. The molecule has 1 saturated heterocycles. The van der Waals surface area contributed by atoms with Gasteiger partial charge in [-0.05, 0) is 44.2 Å². The molecule has 90 valence electrons. The molecule has 1 fully saturated rings. The van der Waals surface area contributed by atoms with E-state index in [1.54, 1.807) is 0 Å². The van der Waals surface area contributed by atoms with E-state index in [4.69, 9.17) is 0 Å². The first-order valence-corrected chi connectivity index (χ1v) is 6.35. The average Bonchev–Trinajstić information content (AvgIpc) is 2.75. The summed E-state index contributed by atoms with van der Waals surface area (Å²) < 4.78 is 2.08. The number of nitrogens with zero attached hydrogens (tertiary/aromatic N) is 2. The lowest BCUT2D eigenvalue weighted by atomic mass is 9.97. The fourth-order valence-electron chi connectivity index (χ4n) is 2.73. The molecule has 1 N–H and O–H groups in total. The average molecular weight is 221 g/mol. The van der Waals surface area contributed by atoms with Gasteiger partial charge in [-0.3, -0.25) is 4.68 Å². The lowest BCUT2D eigenvalue weighted by Crippen LogP contribution is -2.18. The Bertz CT molecular complexity index is 359. The van der Waals surface area contributed by atoms with Gasteiger partial charge in [-0.15, -0.1) is 0 Å². The van der Waals surface area contributed by atoms with Gasteiger partial charge in [0.15, 0.2) is 0 Å². The van der Waals surface area contributed by atoms with Gasteiger partial charge in [0.05, 0.1) is 11.4 Å². The highest BCUT2D eigenvalue weighted by atomic mass is 15.3. The van der Waals surface area contributed by atoms with Crippen molar-refractivity contribution < 1.29 is 0 Å². The molecule has 0 spiro atoms. The van der Waals surface area contributed by atoms with Crippen LogP contribution in [-0.4, -0.2) is 16.3 Å². The molecular weight excluding hydrogens is 198 g/mol. The molecule has 3 heteroatoms. The SMILES string of the molecule is Cc1nn(C)c(C2CCCN2)c1CC(C)C. The van der Waals surface area contributed by atoms with Gasteiger partial charge in [0.25, 0.3) is 0 Å². The van der Waals surface area contributed by atoms with E-state index in [9.17, 15) is 0 Å². The zero-order valence-electron chi connectivity index (χ0n) is 10.9. The first kappa shape index (κ1) is 11.6. The summed E-state index contributed by atoms with van der Waals surface area (Å²) in [5.74, 6) is 0.697. The molecule has 0 radical (unpaired) electrons. The lowest BCUT2D eigenvalue weighted by Gasteiger charge is -2.15. The van der Waals surface area contributed by atoms with Crippen molar-refractivity contribution in [2.75, 3.05) is 6.54 Å². The fourth-order valence-corrected chi connectivity index (χ4v) is 2.73. The molecule has 1 unspecified atom stereocenters. The normalized spacial score (nSPS) is 20.9. The molecule has 16 heavy (non-hydrogen) atoms. The summed E-state index contributed by atoms with van der Waals surface area (Å²) in [7, 11) is 2.08. The summed E-state index contributed by atoms with van der Waals surface area (Å²) in [5, 5.41) is 8.17. The highest BCUT2D eigenvalue weighted by molar-refractivity contribution is 5.29. The van der Waals surface area contributed by atoms with Gasteiger partial charge < -0.3 is 5.32 Å². The number of hydrogen-bond donors (Lipinski definition) is 1. The minimum Gasteiger partial charge on any atom is -0.309 e. The molecule has 0 amide bonds. The Kier molecular flexibility index (Phi) is 3.33. The standard InChI is InChI=1S/C13H23N3/c1-9(2)8-11-10(3)15-16(4)13(11)12-6-5-7-14-12/h9,12,14H,5-8H2,1-4H3. The summed E-state index contributed by atoms with van der Waals surface area (Å²) in [6.07, 6.45) is 3.69. The van der Waals surface area contributed by atoms with Crippen molar-refractivity contribution in [2.45, 2.75) is 46.1 Å². The van der Waals surface area contributed by atoms with Crippen molar-refractivity contribution in [3.05, 3.63) is 17.0 Å². The summed E-state index contributed by atoms with van der Waals surface area (Å²) in [6.45, 7) is 7.84. The molecule has 0 saturated carbocycles. The van der Waals surface area contributed by atoms with Crippen molar-refractivity contribution in [2.24, 2.45) is 13.0 Å². The van der Waals surface area contributed by atoms with E-state index in [-0.39, 0.29) is 0 Å². The van der Waals surface area contributed by atoms with E-state index in [2.05, 4.69) is 42.9 Å². The van der Waals surface area contributed by atoms with Gasteiger partial charge in [-0.25, -0.2) is 0 Å². The second-order valence-electron chi connectivity index (χ2n) is 5.32.